The first-order valence-corrected chi connectivity index (χ1v) is 8.54. The molecule has 25 heavy (non-hydrogen) atoms. The Morgan fingerprint density at radius 3 is 1.68 bits per heavy atom. The summed E-state index contributed by atoms with van der Waals surface area (Å²) in [6.07, 6.45) is 8.32. The van der Waals surface area contributed by atoms with Crippen molar-refractivity contribution in [3.8, 4) is 0 Å². The zero-order valence-corrected chi connectivity index (χ0v) is 22.1. The van der Waals surface area contributed by atoms with E-state index in [1.165, 1.54) is 37.8 Å². The van der Waals surface area contributed by atoms with Crippen LogP contribution in [0.25, 0.3) is 0 Å². The van der Waals surface area contributed by atoms with E-state index < -0.39 is 17.4 Å². The third-order valence-corrected chi connectivity index (χ3v) is 4.37. The molecule has 0 aliphatic carbocycles. The van der Waals surface area contributed by atoms with Gasteiger partial charge in [0.15, 0.2) is 0 Å². The van der Waals surface area contributed by atoms with Gasteiger partial charge in [-0.05, 0) is 12.0 Å². The second-order valence-electron chi connectivity index (χ2n) is 6.07. The number of carbonyl (C=O) groups is 2. The van der Waals surface area contributed by atoms with E-state index in [1.54, 1.807) is 18.2 Å². The van der Waals surface area contributed by atoms with Crippen molar-refractivity contribution in [2.75, 3.05) is 0 Å². The molecule has 0 heterocycles. The van der Waals surface area contributed by atoms with Gasteiger partial charge in [-0.15, -0.1) is 0 Å². The summed E-state index contributed by atoms with van der Waals surface area (Å²) >= 11 is 0. The Morgan fingerprint density at radius 1 is 0.800 bits per heavy atom. The average molecular weight is 397 g/mol. The van der Waals surface area contributed by atoms with Crippen LogP contribution in [0.1, 0.15) is 70.3 Å². The van der Waals surface area contributed by atoms with E-state index in [4.69, 9.17) is 0 Å². The Labute approximate surface area is 236 Å². The van der Waals surface area contributed by atoms with E-state index in [1.807, 2.05) is 0 Å². The summed E-state index contributed by atoms with van der Waals surface area (Å²) in [6, 6.07) is 8.00. The molecule has 1 aromatic rings. The first-order chi connectivity index (χ1) is 11.1. The zero-order valence-electron chi connectivity index (χ0n) is 15.9. The van der Waals surface area contributed by atoms with Crippen LogP contribution in [-0.2, 0) is 15.0 Å². The van der Waals surface area contributed by atoms with Crippen LogP contribution >= 0.6 is 0 Å². The van der Waals surface area contributed by atoms with Crippen molar-refractivity contribution in [1.82, 2.24) is 0 Å². The van der Waals surface area contributed by atoms with Gasteiger partial charge >= 0.3 is 103 Å². The van der Waals surface area contributed by atoms with Crippen LogP contribution in [-0.4, -0.2) is 11.9 Å². The minimum Gasteiger partial charge on any atom is -0.549 e. The van der Waals surface area contributed by atoms with Gasteiger partial charge in [0.1, 0.15) is 0 Å². The molecule has 0 spiro atoms. The molecule has 128 valence electrons. The Balaban J connectivity index is 0. The van der Waals surface area contributed by atoms with E-state index in [0.717, 1.165) is 19.3 Å². The molecule has 0 fully saturated rings. The Bertz CT molecular complexity index is 477. The SMILES string of the molecule is CCCCCCCCCCC(C(=O)[O-])(C(=O)[O-])c1ccccc1.[K+].[K+]. The van der Waals surface area contributed by atoms with Gasteiger partial charge in [0.05, 0.1) is 17.4 Å². The fraction of sp³-hybridized carbons (Fsp3) is 0.579. The second kappa shape index (κ2) is 16.4. The maximum Gasteiger partial charge on any atom is 1.00 e. The minimum absolute atomic E-state index is 0. The molecule has 0 aliphatic rings. The fourth-order valence-corrected chi connectivity index (χ4v) is 2.91. The molecule has 4 nitrogen and oxygen atoms in total. The Morgan fingerprint density at radius 2 is 1.24 bits per heavy atom. The van der Waals surface area contributed by atoms with E-state index in [2.05, 4.69) is 6.92 Å². The fourth-order valence-electron chi connectivity index (χ4n) is 2.91. The first-order valence-electron chi connectivity index (χ1n) is 8.54. The van der Waals surface area contributed by atoms with Crippen molar-refractivity contribution in [2.45, 2.75) is 70.1 Å². The number of carbonyl (C=O) groups excluding carboxylic acids is 2. The molecule has 0 radical (unpaired) electrons. The maximum absolute atomic E-state index is 11.6. The molecule has 0 saturated carbocycles. The summed E-state index contributed by atoms with van der Waals surface area (Å²) in [7, 11) is 0. The number of hydrogen-bond acceptors (Lipinski definition) is 4. The van der Waals surface area contributed by atoms with Crippen LogP contribution < -0.4 is 113 Å². The maximum atomic E-state index is 11.6. The quantitative estimate of drug-likeness (QED) is 0.205. The molecule has 0 saturated heterocycles. The van der Waals surface area contributed by atoms with Crippen LogP contribution in [0.4, 0.5) is 0 Å². The normalized spacial score (nSPS) is 10.4. The summed E-state index contributed by atoms with van der Waals surface area (Å²) in [5.74, 6) is -3.18. The van der Waals surface area contributed by atoms with E-state index in [0.29, 0.717) is 6.42 Å². The number of unbranched alkanes of at least 4 members (excludes halogenated alkanes) is 7. The Kier molecular flexibility index (Phi) is 18.8. The standard InChI is InChI=1S/C19H28O4.2K/c1-2-3-4-5-6-7-8-12-15-19(17(20)21,18(22)23)16-13-10-9-11-14-16;;/h9-11,13-14H,2-8,12,15H2,1H3,(H,20,21)(H,22,23);;/q;2*+1/p-2. The van der Waals surface area contributed by atoms with E-state index in [-0.39, 0.29) is 115 Å². The molecule has 1 aromatic carbocycles. The third-order valence-electron chi connectivity index (χ3n) is 4.37. The van der Waals surface area contributed by atoms with E-state index in [9.17, 15) is 19.8 Å². The molecule has 0 aromatic heterocycles. The third kappa shape index (κ3) is 9.45. The van der Waals surface area contributed by atoms with Crippen LogP contribution in [0.3, 0.4) is 0 Å². The molecule has 0 amide bonds. The van der Waals surface area contributed by atoms with Gasteiger partial charge in [-0.1, -0.05) is 88.6 Å². The molecule has 0 N–H and O–H groups in total. The number of rotatable bonds is 12. The van der Waals surface area contributed by atoms with E-state index >= 15 is 0 Å². The van der Waals surface area contributed by atoms with Gasteiger partial charge in [-0.3, -0.25) is 0 Å². The number of benzene rings is 1. The predicted octanol–water partition coefficient (Wildman–Crippen LogP) is -4.04. The Hall–Kier alpha value is 1.43. The van der Waals surface area contributed by atoms with Crippen molar-refractivity contribution in [2.24, 2.45) is 0 Å². The predicted molar refractivity (Wildman–Crippen MR) is 85.4 cm³/mol. The van der Waals surface area contributed by atoms with Gasteiger partial charge in [0, 0.05) is 0 Å². The van der Waals surface area contributed by atoms with Gasteiger partial charge in [0.25, 0.3) is 0 Å². The molecule has 0 atom stereocenters. The largest absolute Gasteiger partial charge is 1.00 e. The van der Waals surface area contributed by atoms with Crippen molar-refractivity contribution in [3.63, 3.8) is 0 Å². The summed E-state index contributed by atoms with van der Waals surface area (Å²) < 4.78 is 0. The molecule has 6 heteroatoms. The van der Waals surface area contributed by atoms with Crippen LogP contribution in [0.2, 0.25) is 0 Å². The van der Waals surface area contributed by atoms with Gasteiger partial charge in [-0.2, -0.15) is 0 Å². The van der Waals surface area contributed by atoms with Crippen LogP contribution in [0.15, 0.2) is 30.3 Å². The molecular weight excluding hydrogens is 370 g/mol. The zero-order chi connectivity index (χ0) is 17.1. The topological polar surface area (TPSA) is 80.3 Å². The minimum atomic E-state index is -2.05. The molecule has 0 aliphatic heterocycles. The number of hydrogen-bond donors (Lipinski definition) is 0. The average Bonchev–Trinajstić information content (AvgIpc) is 2.54. The van der Waals surface area contributed by atoms with Crippen molar-refractivity contribution in [3.05, 3.63) is 35.9 Å². The van der Waals surface area contributed by atoms with Crippen molar-refractivity contribution in [1.29, 1.82) is 0 Å². The molecule has 0 unspecified atom stereocenters. The second-order valence-corrected chi connectivity index (χ2v) is 6.07. The van der Waals surface area contributed by atoms with Gasteiger partial charge < -0.3 is 19.8 Å². The van der Waals surface area contributed by atoms with Crippen molar-refractivity contribution < 1.29 is 123 Å². The summed E-state index contributed by atoms with van der Waals surface area (Å²) in [4.78, 5) is 23.1. The molecular formula is C19H26K2O4. The van der Waals surface area contributed by atoms with Gasteiger partial charge in [0.2, 0.25) is 0 Å². The summed E-state index contributed by atoms with van der Waals surface area (Å²) in [5.41, 5.74) is -1.83. The molecule has 1 rings (SSSR count). The molecule has 0 bridgehead atoms. The van der Waals surface area contributed by atoms with Crippen LogP contribution in [0.5, 0.6) is 0 Å². The monoisotopic (exact) mass is 396 g/mol. The number of carboxylic acid groups (broad SMARTS) is 2. The summed E-state index contributed by atoms with van der Waals surface area (Å²) in [5, 5.41) is 23.1. The first kappa shape index (κ1) is 28.6. The number of aliphatic carboxylic acids is 2. The smallest absolute Gasteiger partial charge is 0.549 e. The van der Waals surface area contributed by atoms with Gasteiger partial charge in [-0.25, -0.2) is 0 Å². The van der Waals surface area contributed by atoms with Crippen molar-refractivity contribution >= 4 is 11.9 Å². The van der Waals surface area contributed by atoms with Crippen LogP contribution in [0, 0.1) is 0 Å². The number of carboxylic acids is 2. The summed E-state index contributed by atoms with van der Waals surface area (Å²) in [6.45, 7) is 2.17.